The molecule has 1 fully saturated rings. The minimum atomic E-state index is -0.318. The Morgan fingerprint density at radius 3 is 2.78 bits per heavy atom. The Labute approximate surface area is 53.3 Å². The minimum absolute atomic E-state index is 0.197. The number of nitrogens with zero attached hydrogens (tertiary/aromatic N) is 1. The first-order chi connectivity index (χ1) is 4.25. The molecule has 0 radical (unpaired) electrons. The number of hydrogen-bond donors (Lipinski definition) is 0. The van der Waals surface area contributed by atoms with Gasteiger partial charge in [0.1, 0.15) is 6.61 Å². The normalized spacial score (nSPS) is 26.7. The topological polar surface area (TPSA) is 38.8 Å². The highest BCUT2D eigenvalue weighted by Gasteiger charge is 2.28. The number of ether oxygens (including phenoxy) is 2. The number of cyclic esters (lactones) is 1. The summed E-state index contributed by atoms with van der Waals surface area (Å²) < 4.78 is 9.50. The van der Waals surface area contributed by atoms with E-state index in [2.05, 4.69) is 4.74 Å². The molecule has 52 valence electrons. The van der Waals surface area contributed by atoms with Gasteiger partial charge in [0.15, 0.2) is 6.23 Å². The zero-order chi connectivity index (χ0) is 6.85. The third-order valence-electron chi connectivity index (χ3n) is 1.34. The van der Waals surface area contributed by atoms with Gasteiger partial charge in [-0.3, -0.25) is 4.90 Å². The highest BCUT2D eigenvalue weighted by atomic mass is 16.6. The third kappa shape index (κ3) is 0.977. The summed E-state index contributed by atoms with van der Waals surface area (Å²) in [5.41, 5.74) is 0. The van der Waals surface area contributed by atoms with Gasteiger partial charge >= 0.3 is 6.09 Å². The fourth-order valence-electron chi connectivity index (χ4n) is 0.700. The van der Waals surface area contributed by atoms with Gasteiger partial charge < -0.3 is 9.47 Å². The summed E-state index contributed by atoms with van der Waals surface area (Å²) in [6, 6.07) is 0. The second-order valence-electron chi connectivity index (χ2n) is 1.88. The van der Waals surface area contributed by atoms with Crippen molar-refractivity contribution >= 4 is 6.09 Å². The number of carbonyl (C=O) groups is 1. The van der Waals surface area contributed by atoms with E-state index in [-0.39, 0.29) is 12.3 Å². The van der Waals surface area contributed by atoms with Crippen LogP contribution in [-0.4, -0.2) is 38.0 Å². The molecule has 1 aliphatic heterocycles. The average molecular weight is 131 g/mol. The number of likely N-dealkylation sites (N-methyl/N-ethyl adjacent to an activating group) is 1. The average Bonchev–Trinajstić information content (AvgIpc) is 2.15. The lowest BCUT2D eigenvalue weighted by molar-refractivity contribution is 0.0247. The van der Waals surface area contributed by atoms with Gasteiger partial charge in [-0.1, -0.05) is 0 Å². The summed E-state index contributed by atoms with van der Waals surface area (Å²) in [4.78, 5) is 12.0. The molecule has 4 nitrogen and oxygen atoms in total. The van der Waals surface area contributed by atoms with Crippen molar-refractivity contribution in [3.8, 4) is 0 Å². The van der Waals surface area contributed by atoms with Crippen molar-refractivity contribution in [3.05, 3.63) is 0 Å². The van der Waals surface area contributed by atoms with E-state index >= 15 is 0 Å². The van der Waals surface area contributed by atoms with Gasteiger partial charge in [-0.15, -0.1) is 0 Å². The highest BCUT2D eigenvalue weighted by molar-refractivity contribution is 5.69. The van der Waals surface area contributed by atoms with E-state index in [0.717, 1.165) is 0 Å². The van der Waals surface area contributed by atoms with Gasteiger partial charge in [-0.2, -0.15) is 0 Å². The quantitative estimate of drug-likeness (QED) is 0.504. The standard InChI is InChI=1S/C5H9NO3/c1-6-4(8-2)3-9-5(6)7/h4H,3H2,1-2H3. The highest BCUT2D eigenvalue weighted by Crippen LogP contribution is 2.08. The summed E-state index contributed by atoms with van der Waals surface area (Å²) in [6.07, 6.45) is -0.514. The Morgan fingerprint density at radius 1 is 1.89 bits per heavy atom. The van der Waals surface area contributed by atoms with Crippen molar-refractivity contribution < 1.29 is 14.3 Å². The maximum atomic E-state index is 10.6. The van der Waals surface area contributed by atoms with Crippen LogP contribution in [0.2, 0.25) is 0 Å². The molecule has 1 amide bonds. The molecule has 1 saturated heterocycles. The number of hydrogen-bond acceptors (Lipinski definition) is 3. The Bertz CT molecular complexity index is 125. The summed E-state index contributed by atoms with van der Waals surface area (Å²) >= 11 is 0. The van der Waals surface area contributed by atoms with Gasteiger partial charge in [-0.25, -0.2) is 4.79 Å². The molecule has 1 rings (SSSR count). The van der Waals surface area contributed by atoms with Crippen molar-refractivity contribution in [1.82, 2.24) is 4.90 Å². The van der Waals surface area contributed by atoms with Crippen LogP contribution >= 0.6 is 0 Å². The lowest BCUT2D eigenvalue weighted by atomic mass is 10.6. The van der Waals surface area contributed by atoms with E-state index in [9.17, 15) is 4.79 Å². The minimum Gasteiger partial charge on any atom is -0.445 e. The Kier molecular flexibility index (Phi) is 1.57. The molecule has 0 bridgehead atoms. The van der Waals surface area contributed by atoms with Crippen LogP contribution in [0.15, 0.2) is 0 Å². The van der Waals surface area contributed by atoms with Crippen LogP contribution < -0.4 is 0 Å². The molecule has 1 unspecified atom stereocenters. The SMILES string of the molecule is COC1COC(=O)N1C. The fraction of sp³-hybridized carbons (Fsp3) is 0.800. The third-order valence-corrected chi connectivity index (χ3v) is 1.34. The maximum absolute atomic E-state index is 10.6. The zero-order valence-electron chi connectivity index (χ0n) is 5.46. The Balaban J connectivity index is 2.51. The van der Waals surface area contributed by atoms with Gasteiger partial charge in [0.05, 0.1) is 0 Å². The Morgan fingerprint density at radius 2 is 2.56 bits per heavy atom. The van der Waals surface area contributed by atoms with Crippen LogP contribution in [0.4, 0.5) is 4.79 Å². The van der Waals surface area contributed by atoms with E-state index < -0.39 is 0 Å². The molecular weight excluding hydrogens is 122 g/mol. The van der Waals surface area contributed by atoms with Gasteiger partial charge in [0.25, 0.3) is 0 Å². The number of carbonyl (C=O) groups excluding carboxylic acids is 1. The van der Waals surface area contributed by atoms with Crippen LogP contribution in [0.3, 0.4) is 0 Å². The van der Waals surface area contributed by atoms with Crippen molar-refractivity contribution in [2.24, 2.45) is 0 Å². The van der Waals surface area contributed by atoms with E-state index in [1.54, 1.807) is 14.2 Å². The molecule has 0 N–H and O–H groups in total. The van der Waals surface area contributed by atoms with E-state index in [1.165, 1.54) is 4.90 Å². The molecule has 1 heterocycles. The van der Waals surface area contributed by atoms with Crippen LogP contribution in [0.1, 0.15) is 0 Å². The van der Waals surface area contributed by atoms with Crippen LogP contribution in [0.25, 0.3) is 0 Å². The summed E-state index contributed by atoms with van der Waals surface area (Å²) in [5, 5.41) is 0. The molecule has 0 aliphatic carbocycles. The molecule has 0 aromatic heterocycles. The van der Waals surface area contributed by atoms with E-state index in [0.29, 0.717) is 6.61 Å². The summed E-state index contributed by atoms with van der Waals surface area (Å²) in [5.74, 6) is 0. The van der Waals surface area contributed by atoms with Gasteiger partial charge in [-0.05, 0) is 0 Å². The molecule has 1 atom stereocenters. The summed E-state index contributed by atoms with van der Waals surface area (Å²) in [7, 11) is 3.19. The first kappa shape index (κ1) is 6.35. The first-order valence-corrected chi connectivity index (χ1v) is 2.68. The van der Waals surface area contributed by atoms with Crippen LogP contribution in [-0.2, 0) is 9.47 Å². The van der Waals surface area contributed by atoms with Crippen LogP contribution in [0, 0.1) is 0 Å². The predicted octanol–water partition coefficient (Wildman–Crippen LogP) is 0.0409. The molecule has 0 spiro atoms. The molecule has 0 saturated carbocycles. The second-order valence-corrected chi connectivity index (χ2v) is 1.88. The molecular formula is C5H9NO3. The van der Waals surface area contributed by atoms with E-state index in [1.807, 2.05) is 0 Å². The predicted molar refractivity (Wildman–Crippen MR) is 29.9 cm³/mol. The number of amides is 1. The van der Waals surface area contributed by atoms with Gasteiger partial charge in [0.2, 0.25) is 0 Å². The lowest BCUT2D eigenvalue weighted by Gasteiger charge is -2.12. The molecule has 0 aromatic rings. The molecule has 1 aliphatic rings. The lowest BCUT2D eigenvalue weighted by Crippen LogP contribution is -2.30. The van der Waals surface area contributed by atoms with Crippen molar-refractivity contribution in [1.29, 1.82) is 0 Å². The Hall–Kier alpha value is -0.770. The first-order valence-electron chi connectivity index (χ1n) is 2.68. The largest absolute Gasteiger partial charge is 0.445 e. The maximum Gasteiger partial charge on any atom is 0.411 e. The molecule has 9 heavy (non-hydrogen) atoms. The summed E-state index contributed by atoms with van der Waals surface area (Å²) in [6.45, 7) is 0.339. The molecule has 4 heteroatoms. The fourth-order valence-corrected chi connectivity index (χ4v) is 0.700. The van der Waals surface area contributed by atoms with E-state index in [4.69, 9.17) is 4.74 Å². The van der Waals surface area contributed by atoms with Crippen LogP contribution in [0.5, 0.6) is 0 Å². The zero-order valence-corrected chi connectivity index (χ0v) is 5.46. The van der Waals surface area contributed by atoms with Crippen molar-refractivity contribution in [3.63, 3.8) is 0 Å². The monoisotopic (exact) mass is 131 g/mol. The molecule has 0 aromatic carbocycles. The smallest absolute Gasteiger partial charge is 0.411 e. The number of rotatable bonds is 1. The van der Waals surface area contributed by atoms with Crippen molar-refractivity contribution in [2.75, 3.05) is 20.8 Å². The number of methoxy groups -OCH3 is 1. The van der Waals surface area contributed by atoms with Crippen molar-refractivity contribution in [2.45, 2.75) is 6.23 Å². The second kappa shape index (κ2) is 2.23. The van der Waals surface area contributed by atoms with Gasteiger partial charge in [0, 0.05) is 14.2 Å².